The van der Waals surface area contributed by atoms with Crippen LogP contribution in [0.5, 0.6) is 0 Å². The predicted molar refractivity (Wildman–Crippen MR) is 91.8 cm³/mol. The number of hydrogen-bond donors (Lipinski definition) is 0. The molecule has 1 fully saturated rings. The Balaban J connectivity index is 1.66. The van der Waals surface area contributed by atoms with Crippen molar-refractivity contribution in [3.63, 3.8) is 0 Å². The average molecular weight is 368 g/mol. The number of hydrogen-bond acceptors (Lipinski definition) is 5. The maximum Gasteiger partial charge on any atom is 0.289 e. The number of carbonyl (C=O) groups excluding carboxylic acids is 1. The molecular formula is C16H20N2O4S2. The van der Waals surface area contributed by atoms with Crippen molar-refractivity contribution in [1.82, 2.24) is 9.21 Å². The van der Waals surface area contributed by atoms with E-state index < -0.39 is 10.0 Å². The molecule has 2 aromatic heterocycles. The Morgan fingerprint density at radius 1 is 1.17 bits per heavy atom. The van der Waals surface area contributed by atoms with Gasteiger partial charge in [0.1, 0.15) is 9.97 Å². The maximum atomic E-state index is 12.6. The van der Waals surface area contributed by atoms with Crippen LogP contribution >= 0.6 is 11.3 Å². The predicted octanol–water partition coefficient (Wildman–Crippen LogP) is 2.36. The highest BCUT2D eigenvalue weighted by atomic mass is 32.2. The summed E-state index contributed by atoms with van der Waals surface area (Å²) in [6.07, 6.45) is 0.736. The first kappa shape index (κ1) is 17.2. The zero-order chi connectivity index (χ0) is 17.3. The van der Waals surface area contributed by atoms with E-state index in [1.165, 1.54) is 15.6 Å². The molecule has 130 valence electrons. The minimum absolute atomic E-state index is 0.182. The Bertz CT molecular complexity index is 830. The van der Waals surface area contributed by atoms with E-state index in [0.717, 1.165) is 17.1 Å². The first-order valence-corrected chi connectivity index (χ1v) is 10.1. The van der Waals surface area contributed by atoms with E-state index in [0.29, 0.717) is 36.1 Å². The van der Waals surface area contributed by atoms with Gasteiger partial charge in [-0.05, 0) is 31.2 Å². The molecular weight excluding hydrogens is 348 g/mol. The van der Waals surface area contributed by atoms with Gasteiger partial charge in [0.15, 0.2) is 5.76 Å². The van der Waals surface area contributed by atoms with Crippen molar-refractivity contribution in [2.75, 3.05) is 26.2 Å². The first-order valence-electron chi connectivity index (χ1n) is 7.86. The van der Waals surface area contributed by atoms with Gasteiger partial charge in [0.05, 0.1) is 0 Å². The summed E-state index contributed by atoms with van der Waals surface area (Å²) in [5, 5.41) is 0. The summed E-state index contributed by atoms with van der Waals surface area (Å²) in [6, 6.07) is 6.92. The van der Waals surface area contributed by atoms with Crippen molar-refractivity contribution in [2.24, 2.45) is 0 Å². The SMILES string of the molecule is CCc1ccc(C(=O)N2CCN(S(=O)(=O)c3ccc(C)s3)CC2)o1. The molecule has 8 heteroatoms. The van der Waals surface area contributed by atoms with Crippen LogP contribution in [-0.4, -0.2) is 49.7 Å². The van der Waals surface area contributed by atoms with Gasteiger partial charge in [-0.3, -0.25) is 4.79 Å². The van der Waals surface area contributed by atoms with Crippen LogP contribution in [0.3, 0.4) is 0 Å². The van der Waals surface area contributed by atoms with E-state index in [1.54, 1.807) is 29.2 Å². The van der Waals surface area contributed by atoms with Crippen molar-refractivity contribution in [2.45, 2.75) is 24.5 Å². The molecule has 1 aliphatic rings. The van der Waals surface area contributed by atoms with Gasteiger partial charge in [0, 0.05) is 37.5 Å². The van der Waals surface area contributed by atoms with Crippen molar-refractivity contribution in [1.29, 1.82) is 0 Å². The second-order valence-corrected chi connectivity index (χ2v) is 9.13. The number of piperazine rings is 1. The normalized spacial score (nSPS) is 16.5. The van der Waals surface area contributed by atoms with E-state index in [2.05, 4.69) is 0 Å². The molecule has 0 spiro atoms. The molecule has 0 unspecified atom stereocenters. The van der Waals surface area contributed by atoms with Gasteiger partial charge < -0.3 is 9.32 Å². The van der Waals surface area contributed by atoms with Crippen LogP contribution in [0.4, 0.5) is 0 Å². The van der Waals surface area contributed by atoms with Crippen molar-refractivity contribution >= 4 is 27.3 Å². The number of rotatable bonds is 4. The highest BCUT2D eigenvalue weighted by molar-refractivity contribution is 7.91. The van der Waals surface area contributed by atoms with E-state index in [1.807, 2.05) is 13.8 Å². The third-order valence-electron chi connectivity index (χ3n) is 4.06. The fourth-order valence-corrected chi connectivity index (χ4v) is 5.51. The average Bonchev–Trinajstić information content (AvgIpc) is 3.23. The summed E-state index contributed by atoms with van der Waals surface area (Å²) in [7, 11) is -3.46. The summed E-state index contributed by atoms with van der Waals surface area (Å²) < 4.78 is 32.5. The van der Waals surface area contributed by atoms with E-state index >= 15 is 0 Å². The highest BCUT2D eigenvalue weighted by Crippen LogP contribution is 2.25. The molecule has 1 aliphatic heterocycles. The lowest BCUT2D eigenvalue weighted by Crippen LogP contribution is -2.50. The van der Waals surface area contributed by atoms with E-state index in [-0.39, 0.29) is 5.91 Å². The molecule has 2 aromatic rings. The molecule has 0 saturated carbocycles. The number of sulfonamides is 1. The molecule has 1 saturated heterocycles. The molecule has 0 atom stereocenters. The molecule has 0 N–H and O–H groups in total. The van der Waals surface area contributed by atoms with Gasteiger partial charge in [0.25, 0.3) is 15.9 Å². The third kappa shape index (κ3) is 3.26. The van der Waals surface area contributed by atoms with Crippen LogP contribution in [-0.2, 0) is 16.4 Å². The lowest BCUT2D eigenvalue weighted by atomic mass is 10.3. The molecule has 24 heavy (non-hydrogen) atoms. The molecule has 0 bridgehead atoms. The summed E-state index contributed by atoms with van der Waals surface area (Å²) in [5.41, 5.74) is 0. The lowest BCUT2D eigenvalue weighted by molar-refractivity contribution is 0.0664. The highest BCUT2D eigenvalue weighted by Gasteiger charge is 2.31. The van der Waals surface area contributed by atoms with E-state index in [4.69, 9.17) is 4.42 Å². The number of nitrogens with zero attached hydrogens (tertiary/aromatic N) is 2. The summed E-state index contributed by atoms with van der Waals surface area (Å²) in [6.45, 7) is 5.17. The molecule has 3 rings (SSSR count). The standard InChI is InChI=1S/C16H20N2O4S2/c1-3-13-5-6-14(22-13)16(19)17-8-10-18(11-9-17)24(20,21)15-7-4-12(2)23-15/h4-7H,3,8-11H2,1-2H3. The second kappa shape index (κ2) is 6.70. The van der Waals surface area contributed by atoms with Crippen LogP contribution in [0.1, 0.15) is 28.1 Å². The van der Waals surface area contributed by atoms with Crippen LogP contribution < -0.4 is 0 Å². The summed E-state index contributed by atoms with van der Waals surface area (Å²) >= 11 is 1.27. The van der Waals surface area contributed by atoms with Crippen LogP contribution in [0.2, 0.25) is 0 Å². The molecule has 0 aliphatic carbocycles. The minimum Gasteiger partial charge on any atom is -0.456 e. The quantitative estimate of drug-likeness (QED) is 0.831. The van der Waals surface area contributed by atoms with Crippen molar-refractivity contribution in [3.8, 4) is 0 Å². The number of thiophene rings is 1. The second-order valence-electron chi connectivity index (χ2n) is 5.68. The fraction of sp³-hybridized carbons (Fsp3) is 0.438. The van der Waals surface area contributed by atoms with Gasteiger partial charge in [-0.1, -0.05) is 6.92 Å². The van der Waals surface area contributed by atoms with Gasteiger partial charge >= 0.3 is 0 Å². The molecule has 0 radical (unpaired) electrons. The third-order valence-corrected chi connectivity index (χ3v) is 7.42. The van der Waals surface area contributed by atoms with Crippen molar-refractivity contribution in [3.05, 3.63) is 40.7 Å². The first-order chi connectivity index (χ1) is 11.4. The summed E-state index contributed by atoms with van der Waals surface area (Å²) in [4.78, 5) is 15.0. The molecule has 0 aromatic carbocycles. The summed E-state index contributed by atoms with van der Waals surface area (Å²) in [5.74, 6) is 0.906. The van der Waals surface area contributed by atoms with Gasteiger partial charge in [-0.25, -0.2) is 8.42 Å². The van der Waals surface area contributed by atoms with Gasteiger partial charge in [-0.2, -0.15) is 4.31 Å². The van der Waals surface area contributed by atoms with Crippen LogP contribution in [0.25, 0.3) is 0 Å². The number of aryl methyl sites for hydroxylation is 2. The maximum absolute atomic E-state index is 12.6. The molecule has 3 heterocycles. The number of carbonyl (C=O) groups is 1. The van der Waals surface area contributed by atoms with Gasteiger partial charge in [-0.15, -0.1) is 11.3 Å². The van der Waals surface area contributed by atoms with E-state index in [9.17, 15) is 13.2 Å². The topological polar surface area (TPSA) is 70.8 Å². The lowest BCUT2D eigenvalue weighted by Gasteiger charge is -2.33. The smallest absolute Gasteiger partial charge is 0.289 e. The van der Waals surface area contributed by atoms with Crippen molar-refractivity contribution < 1.29 is 17.6 Å². The Morgan fingerprint density at radius 2 is 1.88 bits per heavy atom. The number of furan rings is 1. The Labute approximate surface area is 145 Å². The van der Waals surface area contributed by atoms with Gasteiger partial charge in [0.2, 0.25) is 0 Å². The Hall–Kier alpha value is -1.64. The fourth-order valence-electron chi connectivity index (χ4n) is 2.65. The molecule has 1 amide bonds. The Kier molecular flexibility index (Phi) is 4.80. The Morgan fingerprint density at radius 3 is 2.42 bits per heavy atom. The zero-order valence-electron chi connectivity index (χ0n) is 13.7. The molecule has 6 nitrogen and oxygen atoms in total. The number of amides is 1. The van der Waals surface area contributed by atoms with Crippen LogP contribution in [0.15, 0.2) is 32.9 Å². The monoisotopic (exact) mass is 368 g/mol. The van der Waals surface area contributed by atoms with Crippen LogP contribution in [0, 0.1) is 6.92 Å². The minimum atomic E-state index is -3.46. The largest absolute Gasteiger partial charge is 0.456 e. The zero-order valence-corrected chi connectivity index (χ0v) is 15.3.